The second-order valence-corrected chi connectivity index (χ2v) is 6.08. The zero-order chi connectivity index (χ0) is 17.6. The van der Waals surface area contributed by atoms with Gasteiger partial charge < -0.3 is 10.4 Å². The summed E-state index contributed by atoms with van der Waals surface area (Å²) in [4.78, 5) is 20.0. The highest BCUT2D eigenvalue weighted by Crippen LogP contribution is 2.31. The van der Waals surface area contributed by atoms with Crippen LogP contribution in [0.5, 0.6) is 0 Å². The maximum Gasteiger partial charge on any atom is 0.335 e. The molecule has 0 bridgehead atoms. The monoisotopic (exact) mass is 352 g/mol. The average molecular weight is 353 g/mol. The van der Waals surface area contributed by atoms with Gasteiger partial charge in [0.05, 0.1) is 39.8 Å². The largest absolute Gasteiger partial charge is 0.478 e. The Kier molecular flexibility index (Phi) is 3.54. The van der Waals surface area contributed by atoms with Crippen molar-refractivity contribution in [3.63, 3.8) is 0 Å². The van der Waals surface area contributed by atoms with E-state index in [4.69, 9.17) is 11.6 Å². The number of para-hydroxylation sites is 1. The van der Waals surface area contributed by atoms with Crippen LogP contribution < -0.4 is 5.32 Å². The summed E-state index contributed by atoms with van der Waals surface area (Å²) < 4.78 is 1.81. The Hall–Kier alpha value is -3.12. The molecule has 7 heteroatoms. The standard InChI is InChI=1S/C18H13ClN4O2/c1-10-3-2-4-12(19)16(10)22-17-15-8-20-9-23(15)14-7-11(18(24)25)5-6-13(14)21-17/h2-9H,1H3,(H,21,22)(H,24,25). The number of hydrogen-bond acceptors (Lipinski definition) is 4. The Morgan fingerprint density at radius 1 is 1.24 bits per heavy atom. The number of nitrogens with one attached hydrogen (secondary N) is 1. The highest BCUT2D eigenvalue weighted by Gasteiger charge is 2.13. The lowest BCUT2D eigenvalue weighted by Crippen LogP contribution is -2.02. The third-order valence-electron chi connectivity index (χ3n) is 4.06. The predicted octanol–water partition coefficient (Wildman–Crippen LogP) is 4.29. The molecule has 25 heavy (non-hydrogen) atoms. The number of hydrogen-bond donors (Lipinski definition) is 2. The molecule has 6 nitrogen and oxygen atoms in total. The van der Waals surface area contributed by atoms with Crippen molar-refractivity contribution in [3.8, 4) is 0 Å². The van der Waals surface area contributed by atoms with Crippen LogP contribution in [0.15, 0.2) is 48.9 Å². The van der Waals surface area contributed by atoms with Gasteiger partial charge in [0.2, 0.25) is 0 Å². The van der Waals surface area contributed by atoms with Gasteiger partial charge in [-0.25, -0.2) is 14.8 Å². The van der Waals surface area contributed by atoms with Crippen LogP contribution in [-0.2, 0) is 0 Å². The van der Waals surface area contributed by atoms with Crippen LogP contribution in [0, 0.1) is 6.92 Å². The molecule has 4 rings (SSSR count). The summed E-state index contributed by atoms with van der Waals surface area (Å²) in [6.07, 6.45) is 3.31. The number of carboxylic acid groups (broad SMARTS) is 1. The van der Waals surface area contributed by atoms with E-state index >= 15 is 0 Å². The fourth-order valence-electron chi connectivity index (χ4n) is 2.78. The van der Waals surface area contributed by atoms with Crippen LogP contribution in [0.3, 0.4) is 0 Å². The summed E-state index contributed by atoms with van der Waals surface area (Å²) >= 11 is 6.30. The zero-order valence-corrected chi connectivity index (χ0v) is 13.9. The van der Waals surface area contributed by atoms with Crippen molar-refractivity contribution >= 4 is 45.6 Å². The number of imidazole rings is 1. The Morgan fingerprint density at radius 2 is 2.08 bits per heavy atom. The quantitative estimate of drug-likeness (QED) is 0.575. The van der Waals surface area contributed by atoms with E-state index < -0.39 is 5.97 Å². The van der Waals surface area contributed by atoms with Crippen LogP contribution in [0.2, 0.25) is 5.02 Å². The molecule has 0 unspecified atom stereocenters. The fraction of sp³-hybridized carbons (Fsp3) is 0.0556. The number of nitrogens with zero attached hydrogens (tertiary/aromatic N) is 3. The first-order valence-corrected chi connectivity index (χ1v) is 7.93. The molecule has 2 N–H and O–H groups in total. The van der Waals surface area contributed by atoms with Gasteiger partial charge in [0.1, 0.15) is 5.52 Å². The van der Waals surface area contributed by atoms with Gasteiger partial charge in [-0.1, -0.05) is 23.7 Å². The molecular formula is C18H13ClN4O2. The highest BCUT2D eigenvalue weighted by atomic mass is 35.5. The number of aryl methyl sites for hydroxylation is 1. The van der Waals surface area contributed by atoms with Crippen molar-refractivity contribution in [2.24, 2.45) is 0 Å². The normalized spacial score (nSPS) is 11.1. The maximum absolute atomic E-state index is 11.2. The molecule has 0 amide bonds. The number of halogens is 1. The Labute approximate surface area is 147 Å². The fourth-order valence-corrected chi connectivity index (χ4v) is 3.05. The van der Waals surface area contributed by atoms with Gasteiger partial charge in [0.25, 0.3) is 0 Å². The summed E-state index contributed by atoms with van der Waals surface area (Å²) in [5.41, 5.74) is 4.03. The molecule has 0 aliphatic heterocycles. The third-order valence-corrected chi connectivity index (χ3v) is 4.38. The number of aromatic carboxylic acids is 1. The van der Waals surface area contributed by atoms with Gasteiger partial charge in [0, 0.05) is 0 Å². The number of carbonyl (C=O) groups is 1. The van der Waals surface area contributed by atoms with E-state index in [-0.39, 0.29) is 5.56 Å². The lowest BCUT2D eigenvalue weighted by molar-refractivity contribution is 0.0697. The van der Waals surface area contributed by atoms with E-state index in [9.17, 15) is 9.90 Å². The van der Waals surface area contributed by atoms with Gasteiger partial charge in [-0.2, -0.15) is 0 Å². The first-order valence-electron chi connectivity index (χ1n) is 7.56. The lowest BCUT2D eigenvalue weighted by atomic mass is 10.2. The minimum Gasteiger partial charge on any atom is -0.478 e. The van der Waals surface area contributed by atoms with Crippen molar-refractivity contribution in [3.05, 3.63) is 65.1 Å². The molecule has 0 aliphatic rings. The van der Waals surface area contributed by atoms with E-state index in [2.05, 4.69) is 15.3 Å². The van der Waals surface area contributed by atoms with E-state index in [1.165, 1.54) is 6.07 Å². The van der Waals surface area contributed by atoms with Crippen LogP contribution in [0.25, 0.3) is 16.6 Å². The number of benzene rings is 2. The Balaban J connectivity index is 1.94. The molecule has 0 fully saturated rings. The maximum atomic E-state index is 11.2. The molecule has 2 aromatic carbocycles. The number of aromatic nitrogens is 3. The van der Waals surface area contributed by atoms with Gasteiger partial charge in [-0.05, 0) is 36.8 Å². The second kappa shape index (κ2) is 5.75. The first-order chi connectivity index (χ1) is 12.0. The van der Waals surface area contributed by atoms with E-state index in [1.807, 2.05) is 29.5 Å². The molecule has 2 heterocycles. The number of rotatable bonds is 3. The molecular weight excluding hydrogens is 340 g/mol. The molecule has 0 atom stereocenters. The van der Waals surface area contributed by atoms with Gasteiger partial charge in [-0.15, -0.1) is 0 Å². The predicted molar refractivity (Wildman–Crippen MR) is 96.9 cm³/mol. The number of carboxylic acids is 1. The SMILES string of the molecule is Cc1cccc(Cl)c1Nc1nc2ccc(C(=O)O)cc2n2cncc12. The van der Waals surface area contributed by atoms with Gasteiger partial charge >= 0.3 is 5.97 Å². The highest BCUT2D eigenvalue weighted by molar-refractivity contribution is 6.33. The summed E-state index contributed by atoms with van der Waals surface area (Å²) in [6.45, 7) is 1.96. The minimum absolute atomic E-state index is 0.201. The van der Waals surface area contributed by atoms with Crippen molar-refractivity contribution in [2.75, 3.05) is 5.32 Å². The summed E-state index contributed by atoms with van der Waals surface area (Å²) in [6, 6.07) is 10.5. The molecule has 0 saturated carbocycles. The molecule has 0 aliphatic carbocycles. The molecule has 0 radical (unpaired) electrons. The number of fused-ring (bicyclic) bond motifs is 3. The molecule has 0 spiro atoms. The zero-order valence-electron chi connectivity index (χ0n) is 13.2. The van der Waals surface area contributed by atoms with Crippen molar-refractivity contribution in [1.82, 2.24) is 14.4 Å². The van der Waals surface area contributed by atoms with E-state index in [1.54, 1.807) is 24.7 Å². The van der Waals surface area contributed by atoms with E-state index in [0.29, 0.717) is 21.9 Å². The van der Waals surface area contributed by atoms with Crippen LogP contribution in [0.4, 0.5) is 11.5 Å². The Morgan fingerprint density at radius 3 is 2.84 bits per heavy atom. The molecule has 4 aromatic rings. The minimum atomic E-state index is -0.982. The first kappa shape index (κ1) is 15.4. The average Bonchev–Trinajstić information content (AvgIpc) is 3.08. The van der Waals surface area contributed by atoms with Crippen molar-refractivity contribution in [2.45, 2.75) is 6.92 Å². The van der Waals surface area contributed by atoms with Gasteiger partial charge in [-0.3, -0.25) is 4.40 Å². The van der Waals surface area contributed by atoms with Crippen molar-refractivity contribution in [1.29, 1.82) is 0 Å². The van der Waals surface area contributed by atoms with E-state index in [0.717, 1.165) is 16.8 Å². The van der Waals surface area contributed by atoms with Crippen LogP contribution in [0.1, 0.15) is 15.9 Å². The molecule has 0 saturated heterocycles. The smallest absolute Gasteiger partial charge is 0.335 e. The molecule has 2 aromatic heterocycles. The lowest BCUT2D eigenvalue weighted by Gasteiger charge is -2.13. The number of anilines is 2. The summed E-state index contributed by atoms with van der Waals surface area (Å²) in [7, 11) is 0. The third kappa shape index (κ3) is 2.56. The van der Waals surface area contributed by atoms with Gasteiger partial charge in [0.15, 0.2) is 5.82 Å². The summed E-state index contributed by atoms with van der Waals surface area (Å²) in [5, 5.41) is 13.1. The summed E-state index contributed by atoms with van der Waals surface area (Å²) in [5.74, 6) is -0.381. The second-order valence-electron chi connectivity index (χ2n) is 5.67. The van der Waals surface area contributed by atoms with Crippen LogP contribution >= 0.6 is 11.6 Å². The van der Waals surface area contributed by atoms with Crippen molar-refractivity contribution < 1.29 is 9.90 Å². The molecule has 124 valence electrons. The Bertz CT molecular complexity index is 1120. The van der Waals surface area contributed by atoms with Crippen LogP contribution in [-0.4, -0.2) is 25.4 Å². The topological polar surface area (TPSA) is 79.5 Å².